The Bertz CT molecular complexity index is 882. The highest BCUT2D eigenvalue weighted by Gasteiger charge is 2.17. The standard InChI is InChI=1S/C18H20N4O5/c1-11-4-5-13(8-16(11)20-12(2)23)19-10-18(24)21-15-7-6-14(27-3)9-17(15)22(25)26/h4-9,19H,10H2,1-3H3,(H,20,23)(H,21,24). The van der Waals surface area contributed by atoms with Gasteiger partial charge in [0.1, 0.15) is 11.4 Å². The van der Waals surface area contributed by atoms with Gasteiger partial charge in [0.2, 0.25) is 11.8 Å². The first-order chi connectivity index (χ1) is 12.8. The van der Waals surface area contributed by atoms with Crippen LogP contribution in [-0.2, 0) is 9.59 Å². The molecule has 3 N–H and O–H groups in total. The number of methoxy groups -OCH3 is 1. The summed E-state index contributed by atoms with van der Waals surface area (Å²) in [6.45, 7) is 3.16. The van der Waals surface area contributed by atoms with Gasteiger partial charge in [-0.15, -0.1) is 0 Å². The third kappa shape index (κ3) is 5.43. The molecule has 0 aromatic heterocycles. The monoisotopic (exact) mass is 372 g/mol. The number of aryl methyl sites for hydroxylation is 1. The summed E-state index contributed by atoms with van der Waals surface area (Å²) in [7, 11) is 1.40. The van der Waals surface area contributed by atoms with E-state index < -0.39 is 10.8 Å². The summed E-state index contributed by atoms with van der Waals surface area (Å²) < 4.78 is 4.96. The Morgan fingerprint density at radius 1 is 1.11 bits per heavy atom. The van der Waals surface area contributed by atoms with Crippen LogP contribution in [0.5, 0.6) is 5.75 Å². The van der Waals surface area contributed by atoms with Crippen LogP contribution in [0.15, 0.2) is 36.4 Å². The molecule has 0 aliphatic rings. The number of anilines is 3. The fourth-order valence-corrected chi connectivity index (χ4v) is 2.33. The summed E-state index contributed by atoms with van der Waals surface area (Å²) >= 11 is 0. The van der Waals surface area contributed by atoms with Crippen LogP contribution in [-0.4, -0.2) is 30.4 Å². The maximum atomic E-state index is 12.1. The quantitative estimate of drug-likeness (QED) is 0.507. The zero-order chi connectivity index (χ0) is 20.0. The van der Waals surface area contributed by atoms with Gasteiger partial charge in [-0.1, -0.05) is 6.07 Å². The molecule has 0 bridgehead atoms. The first kappa shape index (κ1) is 19.7. The second kappa shape index (κ2) is 8.65. The second-order valence-electron chi connectivity index (χ2n) is 5.75. The van der Waals surface area contributed by atoms with Crippen molar-refractivity contribution in [3.05, 3.63) is 52.1 Å². The molecule has 0 atom stereocenters. The summed E-state index contributed by atoms with van der Waals surface area (Å²) in [5.41, 5.74) is 1.97. The summed E-state index contributed by atoms with van der Waals surface area (Å²) in [6, 6.07) is 9.46. The van der Waals surface area contributed by atoms with Gasteiger partial charge in [0.25, 0.3) is 5.69 Å². The second-order valence-corrected chi connectivity index (χ2v) is 5.75. The average molecular weight is 372 g/mol. The predicted octanol–water partition coefficient (Wildman–Crippen LogP) is 2.92. The van der Waals surface area contributed by atoms with E-state index in [1.807, 2.05) is 6.92 Å². The normalized spacial score (nSPS) is 10.0. The van der Waals surface area contributed by atoms with E-state index in [0.29, 0.717) is 17.1 Å². The fourth-order valence-electron chi connectivity index (χ4n) is 2.33. The summed E-state index contributed by atoms with van der Waals surface area (Å²) in [5, 5.41) is 19.3. The van der Waals surface area contributed by atoms with E-state index in [0.717, 1.165) is 5.56 Å². The van der Waals surface area contributed by atoms with Crippen LogP contribution in [0.1, 0.15) is 12.5 Å². The lowest BCUT2D eigenvalue weighted by atomic mass is 10.1. The van der Waals surface area contributed by atoms with E-state index in [1.54, 1.807) is 18.2 Å². The van der Waals surface area contributed by atoms with Crippen LogP contribution >= 0.6 is 0 Å². The largest absolute Gasteiger partial charge is 0.496 e. The van der Waals surface area contributed by atoms with Crippen molar-refractivity contribution in [1.82, 2.24) is 0 Å². The lowest BCUT2D eigenvalue weighted by Crippen LogP contribution is -2.22. The van der Waals surface area contributed by atoms with Gasteiger partial charge >= 0.3 is 0 Å². The number of carbonyl (C=O) groups is 2. The number of nitrogens with one attached hydrogen (secondary N) is 3. The van der Waals surface area contributed by atoms with Gasteiger partial charge in [-0.25, -0.2) is 0 Å². The van der Waals surface area contributed by atoms with E-state index in [4.69, 9.17) is 4.74 Å². The molecule has 0 radical (unpaired) electrons. The number of nitrogens with zero attached hydrogens (tertiary/aromatic N) is 1. The van der Waals surface area contributed by atoms with E-state index in [2.05, 4.69) is 16.0 Å². The molecule has 0 spiro atoms. The molecule has 0 aliphatic carbocycles. The number of amides is 2. The minimum absolute atomic E-state index is 0.0791. The van der Waals surface area contributed by atoms with Crippen LogP contribution in [0.4, 0.5) is 22.7 Å². The van der Waals surface area contributed by atoms with Crippen molar-refractivity contribution in [3.8, 4) is 5.75 Å². The third-order valence-corrected chi connectivity index (χ3v) is 3.68. The molecule has 2 amide bonds. The Morgan fingerprint density at radius 3 is 2.48 bits per heavy atom. The minimum Gasteiger partial charge on any atom is -0.496 e. The average Bonchev–Trinajstić information content (AvgIpc) is 2.62. The maximum absolute atomic E-state index is 12.1. The molecule has 0 saturated carbocycles. The fraction of sp³-hybridized carbons (Fsp3) is 0.222. The molecule has 9 nitrogen and oxygen atoms in total. The van der Waals surface area contributed by atoms with Crippen LogP contribution in [0, 0.1) is 17.0 Å². The highest BCUT2D eigenvalue weighted by atomic mass is 16.6. The molecule has 142 valence electrons. The number of nitro benzene ring substituents is 1. The summed E-state index contributed by atoms with van der Waals surface area (Å²) in [6.07, 6.45) is 0. The number of hydrogen-bond donors (Lipinski definition) is 3. The number of carbonyl (C=O) groups excluding carboxylic acids is 2. The molecular weight excluding hydrogens is 352 g/mol. The van der Waals surface area contributed by atoms with Gasteiger partial charge in [0.05, 0.1) is 24.6 Å². The SMILES string of the molecule is COc1ccc(NC(=O)CNc2ccc(C)c(NC(C)=O)c2)c([N+](=O)[O-])c1. The van der Waals surface area contributed by atoms with Crippen LogP contribution in [0.25, 0.3) is 0 Å². The van der Waals surface area contributed by atoms with Crippen molar-refractivity contribution < 1.29 is 19.2 Å². The highest BCUT2D eigenvalue weighted by Crippen LogP contribution is 2.29. The third-order valence-electron chi connectivity index (χ3n) is 3.68. The number of nitro groups is 1. The van der Waals surface area contributed by atoms with Gasteiger partial charge in [0.15, 0.2) is 0 Å². The smallest absolute Gasteiger partial charge is 0.296 e. The van der Waals surface area contributed by atoms with Crippen molar-refractivity contribution in [1.29, 1.82) is 0 Å². The highest BCUT2D eigenvalue weighted by molar-refractivity contribution is 5.96. The van der Waals surface area contributed by atoms with Gasteiger partial charge in [0, 0.05) is 18.3 Å². The lowest BCUT2D eigenvalue weighted by Gasteiger charge is -2.12. The Labute approximate surface area is 155 Å². The Balaban J connectivity index is 2.05. The van der Waals surface area contributed by atoms with Crippen molar-refractivity contribution >= 4 is 34.6 Å². The maximum Gasteiger partial charge on any atom is 0.296 e. The molecule has 9 heteroatoms. The molecule has 2 aromatic carbocycles. The molecule has 2 aromatic rings. The van der Waals surface area contributed by atoms with Crippen molar-refractivity contribution in [2.45, 2.75) is 13.8 Å². The van der Waals surface area contributed by atoms with E-state index in [9.17, 15) is 19.7 Å². The van der Waals surface area contributed by atoms with Crippen LogP contribution < -0.4 is 20.7 Å². The van der Waals surface area contributed by atoms with Crippen molar-refractivity contribution in [3.63, 3.8) is 0 Å². The molecule has 2 rings (SSSR count). The van der Waals surface area contributed by atoms with Gasteiger partial charge in [-0.05, 0) is 36.8 Å². The van der Waals surface area contributed by atoms with E-state index in [-0.39, 0.29) is 23.8 Å². The molecule has 0 unspecified atom stereocenters. The van der Waals surface area contributed by atoms with Gasteiger partial charge in [-0.2, -0.15) is 0 Å². The Hall–Kier alpha value is -3.62. The van der Waals surface area contributed by atoms with E-state index in [1.165, 1.54) is 32.2 Å². The molecular formula is C18H20N4O5. The predicted molar refractivity (Wildman–Crippen MR) is 102 cm³/mol. The zero-order valence-corrected chi connectivity index (χ0v) is 15.2. The van der Waals surface area contributed by atoms with Crippen molar-refractivity contribution in [2.75, 3.05) is 29.6 Å². The minimum atomic E-state index is -0.592. The van der Waals surface area contributed by atoms with Gasteiger partial charge < -0.3 is 20.7 Å². The summed E-state index contributed by atoms with van der Waals surface area (Å²) in [5.74, 6) is -0.326. The number of rotatable bonds is 7. The molecule has 27 heavy (non-hydrogen) atoms. The van der Waals surface area contributed by atoms with E-state index >= 15 is 0 Å². The molecule has 0 saturated heterocycles. The van der Waals surface area contributed by atoms with Crippen LogP contribution in [0.3, 0.4) is 0 Å². The zero-order valence-electron chi connectivity index (χ0n) is 15.2. The first-order valence-corrected chi connectivity index (χ1v) is 8.04. The topological polar surface area (TPSA) is 123 Å². The number of ether oxygens (including phenoxy) is 1. The Kier molecular flexibility index (Phi) is 6.32. The molecule has 0 heterocycles. The molecule has 0 fully saturated rings. The number of benzene rings is 2. The van der Waals surface area contributed by atoms with Crippen molar-refractivity contribution in [2.24, 2.45) is 0 Å². The lowest BCUT2D eigenvalue weighted by molar-refractivity contribution is -0.384. The van der Waals surface area contributed by atoms with Gasteiger partial charge in [-0.3, -0.25) is 19.7 Å². The molecule has 0 aliphatic heterocycles. The Morgan fingerprint density at radius 2 is 1.85 bits per heavy atom. The summed E-state index contributed by atoms with van der Waals surface area (Å²) in [4.78, 5) is 33.9. The first-order valence-electron chi connectivity index (χ1n) is 8.04. The number of hydrogen-bond acceptors (Lipinski definition) is 6. The van der Waals surface area contributed by atoms with Crippen LogP contribution in [0.2, 0.25) is 0 Å².